The molecule has 1 aromatic rings. The molecule has 3 amide bonds. The Morgan fingerprint density at radius 3 is 2.67 bits per heavy atom. The number of halogens is 1. The number of benzene rings is 1. The number of anilines is 2. The Hall–Kier alpha value is -2.08. The number of imide groups is 1. The van der Waals surface area contributed by atoms with Gasteiger partial charge < -0.3 is 10.6 Å². The van der Waals surface area contributed by atoms with E-state index in [0.717, 1.165) is 6.42 Å². The maximum atomic E-state index is 12.4. The molecule has 7 heteroatoms. The second-order valence-corrected chi connectivity index (χ2v) is 6.75. The first-order chi connectivity index (χ1) is 11.3. The Morgan fingerprint density at radius 2 is 2.08 bits per heavy atom. The number of carbonyl (C=O) groups excluding carboxylic acids is 3. The molecule has 1 atom stereocenters. The summed E-state index contributed by atoms with van der Waals surface area (Å²) in [6.07, 6.45) is 0.934. The molecule has 2 rings (SSSR count). The number of nitrogens with zero attached hydrogens (tertiary/aromatic N) is 1. The first-order valence-electron chi connectivity index (χ1n) is 7.95. The molecule has 1 aromatic carbocycles. The lowest BCUT2D eigenvalue weighted by Gasteiger charge is -2.17. The predicted molar refractivity (Wildman–Crippen MR) is 94.0 cm³/mol. The van der Waals surface area contributed by atoms with Crippen LogP contribution in [0.2, 0.25) is 5.02 Å². The fraction of sp³-hybridized carbons (Fsp3) is 0.471. The quantitative estimate of drug-likeness (QED) is 0.772. The largest absolute Gasteiger partial charge is 0.373 e. The van der Waals surface area contributed by atoms with Crippen LogP contribution in [0.1, 0.15) is 33.6 Å². The molecule has 0 spiro atoms. The van der Waals surface area contributed by atoms with Gasteiger partial charge in [0.15, 0.2) is 0 Å². The van der Waals surface area contributed by atoms with Crippen molar-refractivity contribution in [3.63, 3.8) is 0 Å². The van der Waals surface area contributed by atoms with Gasteiger partial charge in [-0.25, -0.2) is 0 Å². The van der Waals surface area contributed by atoms with Crippen molar-refractivity contribution >= 4 is 40.7 Å². The molecule has 6 nitrogen and oxygen atoms in total. The predicted octanol–water partition coefficient (Wildman–Crippen LogP) is 2.88. The zero-order valence-corrected chi connectivity index (χ0v) is 14.8. The first-order valence-corrected chi connectivity index (χ1v) is 8.33. The van der Waals surface area contributed by atoms with Crippen molar-refractivity contribution in [3.8, 4) is 0 Å². The second kappa shape index (κ2) is 7.66. The van der Waals surface area contributed by atoms with Crippen molar-refractivity contribution in [2.75, 3.05) is 17.2 Å². The van der Waals surface area contributed by atoms with Crippen LogP contribution < -0.4 is 10.6 Å². The smallest absolute Gasteiger partial charge is 0.252 e. The summed E-state index contributed by atoms with van der Waals surface area (Å²) >= 11 is 6.12. The summed E-state index contributed by atoms with van der Waals surface area (Å²) in [7, 11) is 0. The van der Waals surface area contributed by atoms with Crippen LogP contribution >= 0.6 is 11.6 Å². The van der Waals surface area contributed by atoms with E-state index in [9.17, 15) is 14.4 Å². The van der Waals surface area contributed by atoms with Crippen LogP contribution in [0.4, 0.5) is 11.4 Å². The molecule has 1 heterocycles. The molecule has 1 aliphatic heterocycles. The van der Waals surface area contributed by atoms with Gasteiger partial charge in [-0.05, 0) is 30.5 Å². The maximum Gasteiger partial charge on any atom is 0.252 e. The molecule has 0 radical (unpaired) electrons. The maximum absolute atomic E-state index is 12.4. The molecule has 1 saturated heterocycles. The Labute approximate surface area is 146 Å². The van der Waals surface area contributed by atoms with Gasteiger partial charge in [0.25, 0.3) is 5.91 Å². The first kappa shape index (κ1) is 18.3. The van der Waals surface area contributed by atoms with Crippen LogP contribution in [0, 0.1) is 5.92 Å². The highest BCUT2D eigenvalue weighted by atomic mass is 35.5. The SMILES string of the molecule is CC(=O)Nc1ccc(NC2CC(=O)N(CCC(C)C)C2=O)cc1Cl. The van der Waals surface area contributed by atoms with Crippen molar-refractivity contribution in [2.45, 2.75) is 39.7 Å². The average molecular weight is 352 g/mol. The molecule has 24 heavy (non-hydrogen) atoms. The second-order valence-electron chi connectivity index (χ2n) is 6.34. The number of likely N-dealkylation sites (tertiary alicyclic amines) is 1. The normalized spacial score (nSPS) is 17.5. The van der Waals surface area contributed by atoms with Crippen molar-refractivity contribution in [1.82, 2.24) is 4.90 Å². The molecule has 2 N–H and O–H groups in total. The standard InChI is InChI=1S/C17H22ClN3O3/c1-10(2)6-7-21-16(23)9-15(17(21)24)20-12-4-5-14(13(18)8-12)19-11(3)22/h4-5,8,10,15,20H,6-7,9H2,1-3H3,(H,19,22). The van der Waals surface area contributed by atoms with Gasteiger partial charge in [-0.3, -0.25) is 19.3 Å². The van der Waals surface area contributed by atoms with Gasteiger partial charge >= 0.3 is 0 Å². The number of rotatable bonds is 6. The summed E-state index contributed by atoms with van der Waals surface area (Å²) in [6.45, 7) is 5.96. The van der Waals surface area contributed by atoms with E-state index in [1.165, 1.54) is 11.8 Å². The van der Waals surface area contributed by atoms with E-state index in [-0.39, 0.29) is 24.1 Å². The van der Waals surface area contributed by atoms with Crippen molar-refractivity contribution < 1.29 is 14.4 Å². The monoisotopic (exact) mass is 351 g/mol. The summed E-state index contributed by atoms with van der Waals surface area (Å²) < 4.78 is 0. The average Bonchev–Trinajstić information content (AvgIpc) is 2.74. The van der Waals surface area contributed by atoms with Crippen LogP contribution in [0.3, 0.4) is 0 Å². The van der Waals surface area contributed by atoms with Crippen LogP contribution in [-0.4, -0.2) is 35.2 Å². The van der Waals surface area contributed by atoms with Crippen molar-refractivity contribution in [3.05, 3.63) is 23.2 Å². The Balaban J connectivity index is 2.03. The highest BCUT2D eigenvalue weighted by Gasteiger charge is 2.38. The molecule has 0 aliphatic carbocycles. The van der Waals surface area contributed by atoms with E-state index < -0.39 is 6.04 Å². The van der Waals surface area contributed by atoms with Crippen molar-refractivity contribution in [2.24, 2.45) is 5.92 Å². The fourth-order valence-corrected chi connectivity index (χ4v) is 2.74. The third-order valence-electron chi connectivity index (χ3n) is 3.79. The molecule has 1 unspecified atom stereocenters. The third kappa shape index (κ3) is 4.47. The molecule has 0 bridgehead atoms. The number of amides is 3. The molecular formula is C17H22ClN3O3. The molecule has 1 aliphatic rings. The van der Waals surface area contributed by atoms with Gasteiger partial charge in [0.05, 0.1) is 17.1 Å². The lowest BCUT2D eigenvalue weighted by atomic mass is 10.1. The lowest BCUT2D eigenvalue weighted by molar-refractivity contribution is -0.138. The van der Waals surface area contributed by atoms with Crippen LogP contribution in [0.5, 0.6) is 0 Å². The topological polar surface area (TPSA) is 78.5 Å². The van der Waals surface area contributed by atoms with Gasteiger partial charge in [0.1, 0.15) is 6.04 Å². The van der Waals surface area contributed by atoms with Gasteiger partial charge in [0.2, 0.25) is 11.8 Å². The number of carbonyl (C=O) groups is 3. The van der Waals surface area contributed by atoms with E-state index in [1.807, 2.05) is 0 Å². The summed E-state index contributed by atoms with van der Waals surface area (Å²) in [5.74, 6) is -0.144. The number of hydrogen-bond donors (Lipinski definition) is 2. The van der Waals surface area contributed by atoms with Crippen LogP contribution in [-0.2, 0) is 14.4 Å². The summed E-state index contributed by atoms with van der Waals surface area (Å²) in [6, 6.07) is 4.42. The van der Waals surface area contributed by atoms with Crippen LogP contribution in [0.15, 0.2) is 18.2 Å². The van der Waals surface area contributed by atoms with Gasteiger partial charge in [-0.2, -0.15) is 0 Å². The molecule has 0 saturated carbocycles. The molecule has 0 aromatic heterocycles. The van der Waals surface area contributed by atoms with E-state index >= 15 is 0 Å². The van der Waals surface area contributed by atoms with E-state index in [0.29, 0.717) is 28.9 Å². The van der Waals surface area contributed by atoms with Gasteiger partial charge in [0, 0.05) is 19.2 Å². The minimum absolute atomic E-state index is 0.141. The summed E-state index contributed by atoms with van der Waals surface area (Å²) in [4.78, 5) is 36.8. The summed E-state index contributed by atoms with van der Waals surface area (Å²) in [5.41, 5.74) is 1.13. The minimum Gasteiger partial charge on any atom is -0.373 e. The third-order valence-corrected chi connectivity index (χ3v) is 4.11. The zero-order chi connectivity index (χ0) is 17.9. The van der Waals surface area contributed by atoms with E-state index in [2.05, 4.69) is 24.5 Å². The number of hydrogen-bond acceptors (Lipinski definition) is 4. The lowest BCUT2D eigenvalue weighted by Crippen LogP contribution is -2.35. The fourth-order valence-electron chi connectivity index (χ4n) is 2.52. The van der Waals surface area contributed by atoms with Crippen LogP contribution in [0.25, 0.3) is 0 Å². The molecule has 130 valence electrons. The van der Waals surface area contributed by atoms with E-state index in [4.69, 9.17) is 11.6 Å². The molecule has 1 fully saturated rings. The Morgan fingerprint density at radius 1 is 1.38 bits per heavy atom. The minimum atomic E-state index is -0.577. The number of nitrogens with one attached hydrogen (secondary N) is 2. The van der Waals surface area contributed by atoms with Gasteiger partial charge in [-0.1, -0.05) is 25.4 Å². The van der Waals surface area contributed by atoms with Crippen molar-refractivity contribution in [1.29, 1.82) is 0 Å². The Bertz CT molecular complexity index is 660. The van der Waals surface area contributed by atoms with E-state index in [1.54, 1.807) is 18.2 Å². The Kier molecular flexibility index (Phi) is 5.83. The zero-order valence-electron chi connectivity index (χ0n) is 14.1. The highest BCUT2D eigenvalue weighted by Crippen LogP contribution is 2.27. The molecular weight excluding hydrogens is 330 g/mol. The highest BCUT2D eigenvalue weighted by molar-refractivity contribution is 6.34. The summed E-state index contributed by atoms with van der Waals surface area (Å²) in [5, 5.41) is 6.03. The van der Waals surface area contributed by atoms with Gasteiger partial charge in [-0.15, -0.1) is 0 Å².